The number of hydrogen-bond acceptors (Lipinski definition) is 19. The average Bonchev–Trinajstić information content (AvgIpc) is 0.728. The lowest BCUT2D eigenvalue weighted by Crippen LogP contribution is -2.71. The maximum Gasteiger partial charge on any atom is 0.252 e. The first kappa shape index (κ1) is 73.1. The molecule has 0 spiro atoms. The second kappa shape index (κ2) is 32.4. The van der Waals surface area contributed by atoms with Crippen molar-refractivity contribution in [1.82, 2.24) is 41.8 Å². The smallest absolute Gasteiger partial charge is 0.252 e. The molecule has 2 aliphatic heterocycles. The minimum Gasteiger partial charge on any atom is -0.507 e. The number of ether oxygens (including phenoxy) is 4. The lowest BCUT2D eigenvalue weighted by atomic mass is 9.62. The topological polar surface area (TPSA) is 367 Å². The SMILES string of the molecule is CC.CC.CCCCC(C)(C)c1ncc(C(=O)NCCC(=O)NCC(=O)NCC(=O)NCC(=O)NC2(CC)CC(C)(NC(=O)C3(O)CCc4c(O)c5c(c(O)c4C3)C(=O)c3cccc(OC)c3C5=O)C2)cc1C#N.COC1CN(C2CCOC(C)C2O)CCO1. The molecular formula is C65H93N9O16. The zero-order valence-corrected chi connectivity index (χ0v) is 54.2. The third kappa shape index (κ3) is 17.3. The van der Waals surface area contributed by atoms with Crippen molar-refractivity contribution >= 4 is 47.0 Å². The summed E-state index contributed by atoms with van der Waals surface area (Å²) >= 11 is 0. The van der Waals surface area contributed by atoms with Gasteiger partial charge in [-0.05, 0) is 70.9 Å². The molecule has 25 heteroatoms. The molecule has 2 saturated heterocycles. The standard InChI is InChI=1S/C50H60N8O12.C11H21NO4.2C2H6/c1-7-9-15-47(3,4)44-27(20-51)18-28(21-56-44)45(67)52-17-14-33(59)53-22-34(60)54-23-35(61)55-24-36(62)57-49(8-2)25-48(5,26-49)58-46(68)50(69)16-13-29-31(19-50)42(65)38-39(40(29)63)43(66)37-30(41(38)64)11-10-12-32(37)70-6;1-8-11(13)9(3-5-15-8)12-4-6-16-10(7-12)14-2;2*1-2/h10-12,18,21,63,65,69H,7-9,13-17,19,22-26H2,1-6H3,(H,52,67)(H,53,59)(H,54,60)(H,55,61)(H,57,62)(H,58,68);8-11,13H,3-7H2,1-2H3;2*1-2H3. The molecule has 494 valence electrons. The number of benzene rings is 2. The molecular weight excluding hydrogens is 1160 g/mol. The first-order chi connectivity index (χ1) is 42.8. The highest BCUT2D eigenvalue weighted by Crippen LogP contribution is 2.49. The molecule has 2 aromatic carbocycles. The van der Waals surface area contributed by atoms with Gasteiger partial charge in [0.2, 0.25) is 29.4 Å². The van der Waals surface area contributed by atoms with Gasteiger partial charge in [-0.25, -0.2) is 0 Å². The zero-order chi connectivity index (χ0) is 66.9. The normalized spacial score (nSPS) is 23.2. The van der Waals surface area contributed by atoms with Gasteiger partial charge in [-0.1, -0.05) is 80.4 Å². The van der Waals surface area contributed by atoms with Crippen molar-refractivity contribution in [1.29, 1.82) is 5.26 Å². The van der Waals surface area contributed by atoms with E-state index in [2.05, 4.69) is 54.8 Å². The van der Waals surface area contributed by atoms with Crippen LogP contribution in [0.4, 0.5) is 0 Å². The Morgan fingerprint density at radius 2 is 1.49 bits per heavy atom. The minimum absolute atomic E-state index is 0.0274. The summed E-state index contributed by atoms with van der Waals surface area (Å²) in [6.07, 6.45) is 4.48. The van der Waals surface area contributed by atoms with Crippen molar-refractivity contribution < 1.29 is 77.7 Å². The molecule has 0 radical (unpaired) electrons. The van der Waals surface area contributed by atoms with Crippen molar-refractivity contribution in [3.63, 3.8) is 0 Å². The van der Waals surface area contributed by atoms with E-state index in [4.69, 9.17) is 18.9 Å². The van der Waals surface area contributed by atoms with E-state index in [1.165, 1.54) is 37.6 Å². The lowest BCUT2D eigenvalue weighted by Gasteiger charge is -2.55. The number of morpholine rings is 1. The van der Waals surface area contributed by atoms with Crippen LogP contribution in [0.25, 0.3) is 0 Å². The molecule has 90 heavy (non-hydrogen) atoms. The summed E-state index contributed by atoms with van der Waals surface area (Å²) in [6, 6.07) is 8.20. The summed E-state index contributed by atoms with van der Waals surface area (Å²) in [4.78, 5) is 111. The van der Waals surface area contributed by atoms with E-state index < -0.39 is 113 Å². The third-order valence-corrected chi connectivity index (χ3v) is 17.0. The van der Waals surface area contributed by atoms with E-state index in [1.54, 1.807) is 14.0 Å². The number of ketones is 2. The number of aromatic nitrogens is 1. The van der Waals surface area contributed by atoms with Crippen LogP contribution < -0.4 is 36.6 Å². The zero-order valence-electron chi connectivity index (χ0n) is 54.2. The van der Waals surface area contributed by atoms with E-state index >= 15 is 0 Å². The number of amides is 6. The number of hydrogen-bond donors (Lipinski definition) is 10. The third-order valence-electron chi connectivity index (χ3n) is 17.0. The molecule has 6 amide bonds. The number of fused-ring (bicyclic) bond motifs is 3. The van der Waals surface area contributed by atoms with Crippen LogP contribution in [-0.2, 0) is 56.4 Å². The minimum atomic E-state index is -2.07. The molecule has 5 atom stereocenters. The second-order valence-electron chi connectivity index (χ2n) is 23.7. The first-order valence-corrected chi connectivity index (χ1v) is 31.2. The maximum atomic E-state index is 13.8. The fourth-order valence-electron chi connectivity index (χ4n) is 12.2. The number of aliphatic hydroxyl groups is 2. The second-order valence-corrected chi connectivity index (χ2v) is 23.7. The van der Waals surface area contributed by atoms with Crippen LogP contribution in [0.5, 0.6) is 17.2 Å². The summed E-state index contributed by atoms with van der Waals surface area (Å²) in [5.74, 6) is -6.13. The van der Waals surface area contributed by atoms with Crippen LogP contribution in [0.3, 0.4) is 0 Å². The number of unbranched alkanes of at least 4 members (excludes halogenated alkanes) is 1. The number of nitriles is 1. The van der Waals surface area contributed by atoms with E-state index in [0.717, 1.165) is 45.4 Å². The molecule has 10 N–H and O–H groups in total. The molecule has 8 rings (SSSR count). The van der Waals surface area contributed by atoms with Gasteiger partial charge in [0.15, 0.2) is 12.1 Å². The summed E-state index contributed by atoms with van der Waals surface area (Å²) in [6.45, 7) is 21.1. The fourth-order valence-corrected chi connectivity index (χ4v) is 12.2. The van der Waals surface area contributed by atoms with Crippen molar-refractivity contribution in [3.8, 4) is 23.3 Å². The molecule has 0 bridgehead atoms. The Morgan fingerprint density at radius 3 is 2.11 bits per heavy atom. The fraction of sp³-hybridized carbons (Fsp3) is 0.600. The number of carbonyl (C=O) groups is 8. The summed E-state index contributed by atoms with van der Waals surface area (Å²) < 4.78 is 21.3. The van der Waals surface area contributed by atoms with Crippen LogP contribution >= 0.6 is 0 Å². The van der Waals surface area contributed by atoms with Gasteiger partial charge in [-0.2, -0.15) is 5.26 Å². The quantitative estimate of drug-likeness (QED) is 0.0530. The highest BCUT2D eigenvalue weighted by molar-refractivity contribution is 6.31. The summed E-state index contributed by atoms with van der Waals surface area (Å²) in [7, 11) is 2.99. The number of methoxy groups -OCH3 is 2. The number of aromatic hydroxyl groups is 2. The Kier molecular flexibility index (Phi) is 26.3. The molecule has 5 aliphatic rings. The van der Waals surface area contributed by atoms with Gasteiger partial charge >= 0.3 is 0 Å². The Hall–Kier alpha value is -7.60. The van der Waals surface area contributed by atoms with Gasteiger partial charge in [0.1, 0.15) is 28.9 Å². The van der Waals surface area contributed by atoms with Crippen LogP contribution in [0, 0.1) is 11.3 Å². The van der Waals surface area contributed by atoms with Gasteiger partial charge < -0.3 is 71.3 Å². The highest BCUT2D eigenvalue weighted by Gasteiger charge is 2.55. The van der Waals surface area contributed by atoms with Gasteiger partial charge in [0.05, 0.1) is 79.1 Å². The summed E-state index contributed by atoms with van der Waals surface area (Å²) in [5, 5.41) is 69.8. The number of nitrogens with zero attached hydrogens (tertiary/aromatic N) is 3. The predicted molar refractivity (Wildman–Crippen MR) is 332 cm³/mol. The van der Waals surface area contributed by atoms with Crippen molar-refractivity contribution in [3.05, 3.63) is 80.7 Å². The number of nitrogens with one attached hydrogen (secondary N) is 6. The van der Waals surface area contributed by atoms with Gasteiger partial charge in [-0.15, -0.1) is 0 Å². The first-order valence-electron chi connectivity index (χ1n) is 31.2. The van der Waals surface area contributed by atoms with E-state index in [-0.39, 0.29) is 102 Å². The number of pyridine rings is 1. The molecule has 3 aromatic rings. The largest absolute Gasteiger partial charge is 0.507 e. The monoisotopic (exact) mass is 1260 g/mol. The molecule has 25 nitrogen and oxygen atoms in total. The van der Waals surface area contributed by atoms with E-state index in [9.17, 15) is 64.0 Å². The molecule has 3 heterocycles. The van der Waals surface area contributed by atoms with Crippen molar-refractivity contribution in [2.45, 2.75) is 187 Å². The number of aliphatic hydroxyl groups excluding tert-OH is 1. The lowest BCUT2D eigenvalue weighted by molar-refractivity contribution is -0.190. The van der Waals surface area contributed by atoms with Crippen molar-refractivity contribution in [2.24, 2.45) is 0 Å². The van der Waals surface area contributed by atoms with Crippen LogP contribution in [0.1, 0.15) is 192 Å². The van der Waals surface area contributed by atoms with Gasteiger partial charge in [-0.3, -0.25) is 48.2 Å². The number of rotatable bonds is 21. The van der Waals surface area contributed by atoms with E-state index in [0.29, 0.717) is 24.3 Å². The number of phenolic OH excluding ortho intramolecular Hbond substituents is 2. The molecule has 3 fully saturated rings. The molecule has 5 unspecified atom stereocenters. The van der Waals surface area contributed by atoms with Gasteiger partial charge in [0.25, 0.3) is 11.8 Å². The Bertz CT molecular complexity index is 3140. The number of phenols is 2. The number of carbonyl (C=O) groups excluding carboxylic acids is 8. The van der Waals surface area contributed by atoms with Crippen molar-refractivity contribution in [2.75, 3.05) is 66.7 Å². The molecule has 3 aliphatic carbocycles. The van der Waals surface area contributed by atoms with Crippen LogP contribution in [0.2, 0.25) is 0 Å². The van der Waals surface area contributed by atoms with Crippen LogP contribution in [-0.4, -0.2) is 185 Å². The Morgan fingerprint density at radius 1 is 0.856 bits per heavy atom. The maximum absolute atomic E-state index is 13.8. The van der Waals surface area contributed by atoms with E-state index in [1.807, 2.05) is 55.4 Å². The van der Waals surface area contributed by atoms with Gasteiger partial charge in [0, 0.05) is 91.6 Å². The Balaban J connectivity index is 0.000000627. The molecule has 1 aromatic heterocycles. The average molecular weight is 1260 g/mol. The Labute approximate surface area is 527 Å². The predicted octanol–water partition coefficient (Wildman–Crippen LogP) is 3.82. The highest BCUT2D eigenvalue weighted by atomic mass is 16.7. The van der Waals surface area contributed by atoms with Crippen LogP contribution in [0.15, 0.2) is 30.5 Å². The summed E-state index contributed by atoms with van der Waals surface area (Å²) in [5.41, 5.74) is -3.74. The molecule has 1 saturated carbocycles.